The monoisotopic (exact) mass is 272 g/mol. The Hall–Kier alpha value is -1.26. The van der Waals surface area contributed by atoms with Gasteiger partial charge < -0.3 is 30.6 Å². The summed E-state index contributed by atoms with van der Waals surface area (Å²) in [5, 5.41) is 50.0. The molecule has 1 unspecified atom stereocenters. The van der Waals surface area contributed by atoms with Crippen molar-refractivity contribution < 1.29 is 30.5 Å². The molecule has 1 saturated heterocycles. The van der Waals surface area contributed by atoms with Crippen molar-refractivity contribution in [3.05, 3.63) is 29.5 Å². The maximum atomic E-state index is 10.8. The Bertz CT molecular complexity index is 429. The molecule has 1 heterocycles. The minimum atomic E-state index is -1.31. The summed E-state index contributed by atoms with van der Waals surface area (Å²) in [6, 6.07) is 5.98. The number of rotatable bonds is 3. The van der Waals surface area contributed by atoms with Gasteiger partial charge in [-0.1, -0.05) is 6.07 Å². The van der Waals surface area contributed by atoms with Crippen LogP contribution < -0.4 is 10.5 Å². The van der Waals surface area contributed by atoms with E-state index in [1.165, 1.54) is 12.1 Å². The third-order valence-corrected chi connectivity index (χ3v) is 2.92. The van der Waals surface area contributed by atoms with Crippen LogP contribution in [0.25, 0.3) is 0 Å². The Balaban J connectivity index is 2.06. The van der Waals surface area contributed by atoms with Crippen LogP contribution in [0, 0.1) is 5.21 Å². The molecule has 0 aliphatic carbocycles. The minimum Gasteiger partial charge on any atom is -0.595 e. The second-order valence-corrected chi connectivity index (χ2v) is 4.33. The molecule has 0 saturated carbocycles. The Kier molecular flexibility index (Phi) is 4.32. The Morgan fingerprint density at radius 1 is 1.26 bits per heavy atom. The van der Waals surface area contributed by atoms with Crippen molar-refractivity contribution in [2.24, 2.45) is 0 Å². The molecule has 19 heavy (non-hydrogen) atoms. The number of hydrogen-bond donors (Lipinski definition) is 6. The third kappa shape index (κ3) is 3.19. The molecule has 0 aromatic heterocycles. The van der Waals surface area contributed by atoms with Crippen LogP contribution in [0.2, 0.25) is 0 Å². The van der Waals surface area contributed by atoms with E-state index in [1.54, 1.807) is 12.1 Å². The predicted molar refractivity (Wildman–Crippen MR) is 63.6 cm³/mol. The minimum absolute atomic E-state index is 0.0934. The molecule has 1 aromatic carbocycles. The van der Waals surface area contributed by atoms with Crippen LogP contribution in [-0.4, -0.2) is 51.7 Å². The van der Waals surface area contributed by atoms with Crippen LogP contribution in [0.1, 0.15) is 0 Å². The summed E-state index contributed by atoms with van der Waals surface area (Å²) in [5.74, 6) is 0. The zero-order chi connectivity index (χ0) is 14.0. The van der Waals surface area contributed by atoms with Crippen LogP contribution in [-0.2, 0) is 4.74 Å². The second kappa shape index (κ2) is 5.80. The summed E-state index contributed by atoms with van der Waals surface area (Å²) in [7, 11) is 0. The van der Waals surface area contributed by atoms with Gasteiger partial charge in [0.2, 0.25) is 0 Å². The van der Waals surface area contributed by atoms with Crippen molar-refractivity contribution in [2.75, 3.05) is 11.9 Å². The fraction of sp³-hybridized carbons (Fsp3) is 0.455. The van der Waals surface area contributed by atoms with Gasteiger partial charge in [0.1, 0.15) is 18.3 Å². The normalized spacial score (nSPS) is 32.9. The van der Waals surface area contributed by atoms with E-state index in [0.717, 1.165) is 0 Å². The van der Waals surface area contributed by atoms with E-state index in [4.69, 9.17) is 9.94 Å². The Labute approximate surface area is 109 Å². The molecule has 1 fully saturated rings. The molecule has 6 N–H and O–H groups in total. The van der Waals surface area contributed by atoms with Gasteiger partial charge in [-0.3, -0.25) is 0 Å². The number of aliphatic hydroxyl groups excluding tert-OH is 3. The van der Waals surface area contributed by atoms with Crippen LogP contribution in [0.5, 0.6) is 0 Å². The van der Waals surface area contributed by atoms with Gasteiger partial charge in [-0.25, -0.2) is 5.21 Å². The Morgan fingerprint density at radius 2 is 2.00 bits per heavy atom. The molecule has 8 nitrogen and oxygen atoms in total. The highest BCUT2D eigenvalue weighted by Gasteiger charge is 2.37. The molecule has 0 spiro atoms. The first-order chi connectivity index (χ1) is 8.99. The molecule has 1 aliphatic heterocycles. The van der Waals surface area contributed by atoms with Crippen molar-refractivity contribution in [3.8, 4) is 0 Å². The molecule has 1 aliphatic rings. The van der Waals surface area contributed by atoms with E-state index in [-0.39, 0.29) is 12.3 Å². The standard InChI is InChI=1S/C11H16N2O6/c14-8-5-19-11(10(16)9(8)15)12-6-2-1-3-7(4-6)13(17)18/h1-4,8-17H,5H2/t8-,9-,10-,11-/m1/s1. The lowest BCUT2D eigenvalue weighted by Crippen LogP contribution is -2.99. The van der Waals surface area contributed by atoms with Crippen LogP contribution in [0.4, 0.5) is 11.4 Å². The first kappa shape index (κ1) is 14.2. The van der Waals surface area contributed by atoms with Gasteiger partial charge in [0.25, 0.3) is 0 Å². The number of anilines is 1. The molecule has 106 valence electrons. The van der Waals surface area contributed by atoms with E-state index in [0.29, 0.717) is 5.69 Å². The van der Waals surface area contributed by atoms with Gasteiger partial charge in [0.05, 0.1) is 6.61 Å². The summed E-state index contributed by atoms with van der Waals surface area (Å²) in [4.78, 5) is 0. The maximum absolute atomic E-state index is 10.8. The maximum Gasteiger partial charge on any atom is 0.165 e. The van der Waals surface area contributed by atoms with Gasteiger partial charge in [-0.05, 0) is 6.07 Å². The van der Waals surface area contributed by atoms with Gasteiger partial charge in [-0.15, -0.1) is 0 Å². The lowest BCUT2D eigenvalue weighted by atomic mass is 10.0. The van der Waals surface area contributed by atoms with Crippen molar-refractivity contribution in [1.29, 1.82) is 0 Å². The molecule has 8 heteroatoms. The number of ether oxygens (including phenoxy) is 1. The third-order valence-electron chi connectivity index (χ3n) is 2.92. The molecule has 2 rings (SSSR count). The fourth-order valence-electron chi connectivity index (χ4n) is 1.84. The highest BCUT2D eigenvalue weighted by molar-refractivity contribution is 5.51. The zero-order valence-electron chi connectivity index (χ0n) is 9.93. The average Bonchev–Trinajstić information content (AvgIpc) is 2.40. The van der Waals surface area contributed by atoms with E-state index in [9.17, 15) is 20.5 Å². The SMILES string of the molecule is [O-][NH+](O)c1cccc(N[C@@H]2OC[C@@H](O)[C@@H](O)[C@H]2O)c1. The van der Waals surface area contributed by atoms with Crippen molar-refractivity contribution in [1.82, 2.24) is 0 Å². The highest BCUT2D eigenvalue weighted by atomic mass is 16.8. The van der Waals surface area contributed by atoms with Gasteiger partial charge in [0.15, 0.2) is 11.9 Å². The topological polar surface area (TPSA) is 130 Å². The lowest BCUT2D eigenvalue weighted by molar-refractivity contribution is -0.991. The van der Waals surface area contributed by atoms with Crippen LogP contribution >= 0.6 is 0 Å². The molecule has 5 atom stereocenters. The van der Waals surface area contributed by atoms with Gasteiger partial charge in [-0.2, -0.15) is 5.23 Å². The number of nitrogens with one attached hydrogen (secondary N) is 2. The molecule has 0 radical (unpaired) electrons. The van der Waals surface area contributed by atoms with Gasteiger partial charge >= 0.3 is 0 Å². The lowest BCUT2D eigenvalue weighted by Gasteiger charge is -2.35. The largest absolute Gasteiger partial charge is 0.595 e. The second-order valence-electron chi connectivity index (χ2n) is 4.33. The molecular formula is C11H16N2O6. The summed E-state index contributed by atoms with van der Waals surface area (Å²) >= 11 is 0. The highest BCUT2D eigenvalue weighted by Crippen LogP contribution is 2.19. The molecule has 0 bridgehead atoms. The summed E-state index contributed by atoms with van der Waals surface area (Å²) < 4.78 is 5.16. The number of quaternary nitrogens is 1. The number of aliphatic hydroxyl groups is 3. The van der Waals surface area contributed by atoms with Crippen LogP contribution in [0.15, 0.2) is 24.3 Å². The van der Waals surface area contributed by atoms with Crippen molar-refractivity contribution >= 4 is 11.4 Å². The smallest absolute Gasteiger partial charge is 0.165 e. The first-order valence-electron chi connectivity index (χ1n) is 5.74. The molecular weight excluding hydrogens is 256 g/mol. The fourth-order valence-corrected chi connectivity index (χ4v) is 1.84. The quantitative estimate of drug-likeness (QED) is 0.349. The number of benzene rings is 1. The first-order valence-corrected chi connectivity index (χ1v) is 5.74. The van der Waals surface area contributed by atoms with Crippen molar-refractivity contribution in [2.45, 2.75) is 24.5 Å². The van der Waals surface area contributed by atoms with E-state index < -0.39 is 29.8 Å². The van der Waals surface area contributed by atoms with Crippen LogP contribution in [0.3, 0.4) is 0 Å². The van der Waals surface area contributed by atoms with E-state index in [1.807, 2.05) is 0 Å². The van der Waals surface area contributed by atoms with Crippen molar-refractivity contribution in [3.63, 3.8) is 0 Å². The average molecular weight is 272 g/mol. The summed E-state index contributed by atoms with van der Waals surface area (Å²) in [6.07, 6.45) is -4.67. The van der Waals surface area contributed by atoms with E-state index in [2.05, 4.69) is 5.32 Å². The summed E-state index contributed by atoms with van der Waals surface area (Å²) in [5.41, 5.74) is 0.531. The van der Waals surface area contributed by atoms with E-state index >= 15 is 0 Å². The number of hydrogen-bond acceptors (Lipinski definition) is 7. The summed E-state index contributed by atoms with van der Waals surface area (Å²) in [6.45, 7) is -0.117. The predicted octanol–water partition coefficient (Wildman–Crippen LogP) is -2.06. The zero-order valence-corrected chi connectivity index (χ0v) is 9.93. The molecule has 0 amide bonds. The Morgan fingerprint density at radius 3 is 2.68 bits per heavy atom. The molecule has 1 aromatic rings. The van der Waals surface area contributed by atoms with Gasteiger partial charge in [0, 0.05) is 17.8 Å².